The second-order valence-corrected chi connectivity index (χ2v) is 7.57. The second kappa shape index (κ2) is 10.0. The van der Waals surface area contributed by atoms with Crippen LogP contribution in [0.2, 0.25) is 0 Å². The van der Waals surface area contributed by atoms with E-state index in [9.17, 15) is 4.79 Å². The maximum atomic E-state index is 12.0. The molecule has 0 saturated carbocycles. The molecule has 30 heavy (non-hydrogen) atoms. The van der Waals surface area contributed by atoms with Gasteiger partial charge in [0.15, 0.2) is 0 Å². The Morgan fingerprint density at radius 2 is 1.67 bits per heavy atom. The predicted octanol–water partition coefficient (Wildman–Crippen LogP) is 5.87. The first-order valence-corrected chi connectivity index (χ1v) is 10.2. The summed E-state index contributed by atoms with van der Waals surface area (Å²) in [6.07, 6.45) is 1.61. The topological polar surface area (TPSA) is 46.5 Å². The molecule has 0 radical (unpaired) electrons. The summed E-state index contributed by atoms with van der Waals surface area (Å²) in [7, 11) is 0. The van der Waals surface area contributed by atoms with Gasteiger partial charge in [0.25, 0.3) is 0 Å². The Hall–Kier alpha value is -3.17. The van der Waals surface area contributed by atoms with E-state index in [1.165, 1.54) is 11.1 Å². The number of aliphatic hydroxyl groups is 1. The summed E-state index contributed by atoms with van der Waals surface area (Å²) in [6, 6.07) is 22.9. The minimum atomic E-state index is -0.387. The summed E-state index contributed by atoms with van der Waals surface area (Å²) in [6.45, 7) is 7.79. The minimum Gasteiger partial charge on any atom is -0.457 e. The van der Waals surface area contributed by atoms with Gasteiger partial charge in [-0.2, -0.15) is 0 Å². The molecule has 0 atom stereocenters. The monoisotopic (exact) mass is 400 g/mol. The normalized spacial score (nSPS) is 10.6. The highest BCUT2D eigenvalue weighted by Crippen LogP contribution is 2.31. The molecule has 1 N–H and O–H groups in total. The number of ether oxygens (including phenoxy) is 1. The van der Waals surface area contributed by atoms with Crippen LogP contribution in [0.25, 0.3) is 22.3 Å². The third-order valence-electron chi connectivity index (χ3n) is 5.16. The first-order chi connectivity index (χ1) is 14.5. The number of esters is 1. The van der Waals surface area contributed by atoms with Crippen molar-refractivity contribution in [3.8, 4) is 22.3 Å². The molecule has 0 aliphatic rings. The fourth-order valence-corrected chi connectivity index (χ4v) is 3.46. The van der Waals surface area contributed by atoms with Gasteiger partial charge in [0, 0.05) is 12.2 Å². The largest absolute Gasteiger partial charge is 0.457 e. The third-order valence-corrected chi connectivity index (χ3v) is 5.16. The Morgan fingerprint density at radius 1 is 0.967 bits per heavy atom. The van der Waals surface area contributed by atoms with E-state index in [1.807, 2.05) is 12.1 Å². The van der Waals surface area contributed by atoms with Crippen LogP contribution in [0, 0.1) is 6.92 Å². The van der Waals surface area contributed by atoms with E-state index < -0.39 is 0 Å². The SMILES string of the molecule is C=C(C)C(=O)OCc1cc(-c2ccccc2C)ccc1-c1ccc(CCCO)cc1. The zero-order valence-electron chi connectivity index (χ0n) is 17.7. The highest BCUT2D eigenvalue weighted by atomic mass is 16.5. The van der Waals surface area contributed by atoms with Crippen LogP contribution in [0.1, 0.15) is 30.0 Å². The Morgan fingerprint density at radius 3 is 2.33 bits per heavy atom. The van der Waals surface area contributed by atoms with Crippen LogP contribution in [0.5, 0.6) is 0 Å². The minimum absolute atomic E-state index is 0.188. The molecule has 0 fully saturated rings. The van der Waals surface area contributed by atoms with Crippen molar-refractivity contribution in [1.29, 1.82) is 0 Å². The van der Waals surface area contributed by atoms with Gasteiger partial charge in [-0.1, -0.05) is 67.2 Å². The van der Waals surface area contributed by atoms with Gasteiger partial charge in [0.05, 0.1) is 0 Å². The summed E-state index contributed by atoms with van der Waals surface area (Å²) in [5.41, 5.74) is 8.10. The molecule has 0 spiro atoms. The van der Waals surface area contributed by atoms with Crippen molar-refractivity contribution >= 4 is 5.97 Å². The van der Waals surface area contributed by atoms with Gasteiger partial charge >= 0.3 is 5.97 Å². The zero-order chi connectivity index (χ0) is 21.5. The van der Waals surface area contributed by atoms with E-state index in [0.29, 0.717) is 5.57 Å². The van der Waals surface area contributed by atoms with Crippen molar-refractivity contribution in [3.05, 3.63) is 95.6 Å². The lowest BCUT2D eigenvalue weighted by Crippen LogP contribution is -2.06. The van der Waals surface area contributed by atoms with Gasteiger partial charge in [-0.05, 0) is 71.7 Å². The van der Waals surface area contributed by atoms with Crippen molar-refractivity contribution in [3.63, 3.8) is 0 Å². The van der Waals surface area contributed by atoms with E-state index in [4.69, 9.17) is 9.84 Å². The molecular formula is C27H28O3. The first kappa shape index (κ1) is 21.5. The van der Waals surface area contributed by atoms with E-state index in [2.05, 4.69) is 68.1 Å². The maximum Gasteiger partial charge on any atom is 0.333 e. The molecule has 0 amide bonds. The molecular weight excluding hydrogens is 372 g/mol. The molecule has 3 rings (SSSR count). The molecule has 3 nitrogen and oxygen atoms in total. The Kier molecular flexibility index (Phi) is 7.21. The number of carbonyl (C=O) groups is 1. The van der Waals surface area contributed by atoms with Crippen LogP contribution < -0.4 is 0 Å². The smallest absolute Gasteiger partial charge is 0.333 e. The molecule has 0 bridgehead atoms. The van der Waals surface area contributed by atoms with Gasteiger partial charge in [-0.15, -0.1) is 0 Å². The lowest BCUT2D eigenvalue weighted by molar-refractivity contribution is -0.140. The van der Waals surface area contributed by atoms with Crippen LogP contribution in [-0.2, 0) is 22.6 Å². The summed E-state index contributed by atoms with van der Waals surface area (Å²) in [5.74, 6) is -0.387. The van der Waals surface area contributed by atoms with E-state index in [-0.39, 0.29) is 19.2 Å². The average Bonchev–Trinajstić information content (AvgIpc) is 2.76. The molecule has 0 aliphatic carbocycles. The highest BCUT2D eigenvalue weighted by molar-refractivity contribution is 5.87. The summed E-state index contributed by atoms with van der Waals surface area (Å²) < 4.78 is 5.48. The second-order valence-electron chi connectivity index (χ2n) is 7.57. The highest BCUT2D eigenvalue weighted by Gasteiger charge is 2.12. The number of aliphatic hydroxyl groups excluding tert-OH is 1. The van der Waals surface area contributed by atoms with Crippen molar-refractivity contribution < 1.29 is 14.6 Å². The van der Waals surface area contributed by atoms with Crippen molar-refractivity contribution in [2.45, 2.75) is 33.3 Å². The lowest BCUT2D eigenvalue weighted by atomic mass is 9.93. The summed E-state index contributed by atoms with van der Waals surface area (Å²) in [4.78, 5) is 12.0. The van der Waals surface area contributed by atoms with Gasteiger partial charge in [-0.3, -0.25) is 0 Å². The fraction of sp³-hybridized carbons (Fsp3) is 0.222. The van der Waals surface area contributed by atoms with Crippen LogP contribution in [-0.4, -0.2) is 17.7 Å². The number of carbonyl (C=O) groups excluding carboxylic acids is 1. The molecule has 0 unspecified atom stereocenters. The van der Waals surface area contributed by atoms with Crippen LogP contribution in [0.15, 0.2) is 78.9 Å². The molecule has 3 aromatic rings. The fourth-order valence-electron chi connectivity index (χ4n) is 3.46. The van der Waals surface area contributed by atoms with Gasteiger partial charge in [0.1, 0.15) is 6.61 Å². The number of aryl methyl sites for hydroxylation is 2. The Bertz CT molecular complexity index is 1030. The van der Waals surface area contributed by atoms with E-state index >= 15 is 0 Å². The molecule has 0 aliphatic heterocycles. The number of rotatable bonds is 8. The molecule has 0 heterocycles. The van der Waals surface area contributed by atoms with Gasteiger partial charge in [-0.25, -0.2) is 4.79 Å². The Labute approximate surface area is 178 Å². The molecule has 154 valence electrons. The van der Waals surface area contributed by atoms with Crippen LogP contribution in [0.4, 0.5) is 0 Å². The third kappa shape index (κ3) is 5.25. The summed E-state index contributed by atoms with van der Waals surface area (Å²) >= 11 is 0. The van der Waals surface area contributed by atoms with Crippen molar-refractivity contribution in [2.75, 3.05) is 6.61 Å². The number of hydrogen-bond acceptors (Lipinski definition) is 3. The first-order valence-electron chi connectivity index (χ1n) is 10.2. The lowest BCUT2D eigenvalue weighted by Gasteiger charge is -2.15. The predicted molar refractivity (Wildman–Crippen MR) is 122 cm³/mol. The number of benzene rings is 3. The van der Waals surface area contributed by atoms with Gasteiger partial charge < -0.3 is 9.84 Å². The Balaban J connectivity index is 1.97. The molecule has 0 aromatic heterocycles. The molecule has 3 heteroatoms. The van der Waals surface area contributed by atoms with Crippen molar-refractivity contribution in [1.82, 2.24) is 0 Å². The zero-order valence-corrected chi connectivity index (χ0v) is 17.7. The summed E-state index contributed by atoms with van der Waals surface area (Å²) in [5, 5.41) is 9.03. The maximum absolute atomic E-state index is 12.0. The number of hydrogen-bond donors (Lipinski definition) is 1. The van der Waals surface area contributed by atoms with Crippen LogP contribution in [0.3, 0.4) is 0 Å². The van der Waals surface area contributed by atoms with E-state index in [0.717, 1.165) is 40.7 Å². The molecule has 0 saturated heterocycles. The quantitative estimate of drug-likeness (QED) is 0.380. The van der Waals surface area contributed by atoms with E-state index in [1.54, 1.807) is 6.92 Å². The van der Waals surface area contributed by atoms with Crippen molar-refractivity contribution in [2.24, 2.45) is 0 Å². The molecule has 3 aromatic carbocycles. The average molecular weight is 401 g/mol. The van der Waals surface area contributed by atoms with Gasteiger partial charge in [0.2, 0.25) is 0 Å². The standard InChI is InChI=1S/C27H28O3/c1-19(2)27(29)30-18-24-17-23(25-9-5-4-7-20(25)3)14-15-26(24)22-12-10-21(11-13-22)8-6-16-28/h4-5,7,9-15,17,28H,1,6,8,16,18H2,2-3H3. The van der Waals surface area contributed by atoms with Crippen LogP contribution >= 0.6 is 0 Å².